The van der Waals surface area contributed by atoms with Gasteiger partial charge in [0.25, 0.3) is 5.69 Å². The van der Waals surface area contributed by atoms with Crippen molar-refractivity contribution in [3.05, 3.63) is 161 Å². The molecule has 0 saturated heterocycles. The van der Waals surface area contributed by atoms with Crippen LogP contribution in [0, 0.1) is 27.9 Å². The van der Waals surface area contributed by atoms with Gasteiger partial charge in [-0.15, -0.1) is 18.3 Å². The standard InChI is InChI=1S/C57H65N3O10S/c1-5-32-67-57-52(59(38-41-19-15-18-39-16-9-10-22-46(39)41)55(63)68-43-26-24-42(25-27-43)60(64)65)37-50(58-70-56(2,3)4)48-35-40(17-11-13-30-61)47(23-12-14-31-62)53(54(48)57)49-36-44(28-29-51(49)69-57)66-33-34-71-45-20-7-6-8-21-45/h5-10,15-16,18-22,24-29,35-36,40,47,52-54,61-62H,1,11-14,17,23,30-34,37-38H2,2-4H3. The van der Waals surface area contributed by atoms with E-state index in [1.165, 1.54) is 24.3 Å². The lowest BCUT2D eigenvalue weighted by Gasteiger charge is -2.60. The molecule has 1 amide bonds. The van der Waals surface area contributed by atoms with Crippen LogP contribution >= 0.6 is 11.8 Å². The highest BCUT2D eigenvalue weighted by molar-refractivity contribution is 7.99. The van der Waals surface area contributed by atoms with Crippen LogP contribution in [0.5, 0.6) is 17.2 Å². The predicted octanol–water partition coefficient (Wildman–Crippen LogP) is 12.1. The first-order chi connectivity index (χ1) is 34.4. The Morgan fingerprint density at radius 1 is 0.930 bits per heavy atom. The number of nitro benzene ring substituents is 1. The molecule has 0 spiro atoms. The summed E-state index contributed by atoms with van der Waals surface area (Å²) in [4.78, 5) is 35.7. The molecule has 1 fully saturated rings. The van der Waals surface area contributed by atoms with Crippen molar-refractivity contribution in [1.82, 2.24) is 4.90 Å². The Labute approximate surface area is 420 Å². The maximum Gasteiger partial charge on any atom is 0.416 e. The van der Waals surface area contributed by atoms with Gasteiger partial charge in [-0.1, -0.05) is 90.8 Å². The summed E-state index contributed by atoms with van der Waals surface area (Å²) in [6.45, 7) is 10.7. The van der Waals surface area contributed by atoms with Crippen LogP contribution in [0.1, 0.15) is 82.8 Å². The van der Waals surface area contributed by atoms with Crippen LogP contribution in [-0.2, 0) is 16.1 Å². The Bertz CT molecular complexity index is 2680. The summed E-state index contributed by atoms with van der Waals surface area (Å²) in [6.07, 6.45) is 7.81. The molecule has 0 aromatic heterocycles. The van der Waals surface area contributed by atoms with E-state index in [0.717, 1.165) is 63.8 Å². The van der Waals surface area contributed by atoms with E-state index in [-0.39, 0.29) is 62.0 Å². The average Bonchev–Trinajstić information content (AvgIpc) is 3.37. The number of hydrogen-bond acceptors (Lipinski definition) is 12. The quantitative estimate of drug-likeness (QED) is 0.0223. The van der Waals surface area contributed by atoms with E-state index in [2.05, 4.69) is 30.9 Å². The normalized spacial score (nSPS) is 21.8. The van der Waals surface area contributed by atoms with Crippen LogP contribution in [-0.4, -0.2) is 81.5 Å². The number of thioether (sulfide) groups is 1. The first-order valence-electron chi connectivity index (χ1n) is 24.7. The molecule has 1 saturated carbocycles. The van der Waals surface area contributed by atoms with Gasteiger partial charge in [-0.25, -0.2) is 4.79 Å². The Morgan fingerprint density at radius 3 is 2.38 bits per heavy atom. The third-order valence-corrected chi connectivity index (χ3v) is 14.5. The summed E-state index contributed by atoms with van der Waals surface area (Å²) in [6, 6.07) is 34.7. The number of fused-ring (bicyclic) bond motifs is 3. The molecule has 6 unspecified atom stereocenters. The number of non-ortho nitro benzene ring substituents is 1. The Hall–Kier alpha value is -6.19. The van der Waals surface area contributed by atoms with Gasteiger partial charge in [0, 0.05) is 53.9 Å². The first-order valence-corrected chi connectivity index (χ1v) is 25.7. The number of carbonyl (C=O) groups excluding carboxylic acids is 1. The molecule has 71 heavy (non-hydrogen) atoms. The predicted molar refractivity (Wildman–Crippen MR) is 277 cm³/mol. The van der Waals surface area contributed by atoms with Crippen molar-refractivity contribution >= 4 is 40.0 Å². The Morgan fingerprint density at radius 2 is 1.65 bits per heavy atom. The Kier molecular flexibility index (Phi) is 16.8. The van der Waals surface area contributed by atoms with Gasteiger partial charge in [0.2, 0.25) is 5.79 Å². The largest absolute Gasteiger partial charge is 0.493 e. The first kappa shape index (κ1) is 51.2. The van der Waals surface area contributed by atoms with Gasteiger partial charge < -0.3 is 34.0 Å². The lowest BCUT2D eigenvalue weighted by Crippen LogP contribution is -2.70. The molecule has 5 aromatic carbocycles. The van der Waals surface area contributed by atoms with Crippen LogP contribution in [0.25, 0.3) is 10.8 Å². The topological polar surface area (TPSA) is 162 Å². The molecule has 5 aromatic rings. The number of hydrogen-bond donors (Lipinski definition) is 2. The number of nitro groups is 1. The number of nitrogens with zero attached hydrogens (tertiary/aromatic N) is 3. The number of aliphatic hydroxyl groups is 2. The van der Waals surface area contributed by atoms with Gasteiger partial charge in [-0.3, -0.25) is 15.0 Å². The van der Waals surface area contributed by atoms with Crippen LogP contribution in [0.3, 0.4) is 0 Å². The van der Waals surface area contributed by atoms with Crippen molar-refractivity contribution in [3.63, 3.8) is 0 Å². The highest BCUT2D eigenvalue weighted by Crippen LogP contribution is 2.62. The zero-order valence-electron chi connectivity index (χ0n) is 40.8. The number of carbonyl (C=O) groups is 1. The van der Waals surface area contributed by atoms with Crippen molar-refractivity contribution in [2.45, 2.75) is 101 Å². The van der Waals surface area contributed by atoms with Gasteiger partial charge >= 0.3 is 6.09 Å². The van der Waals surface area contributed by atoms with Gasteiger partial charge in [-0.2, -0.15) is 0 Å². The van der Waals surface area contributed by atoms with Crippen LogP contribution in [0.2, 0.25) is 0 Å². The summed E-state index contributed by atoms with van der Waals surface area (Å²) >= 11 is 1.73. The van der Waals surface area contributed by atoms with Crippen LogP contribution < -0.4 is 14.2 Å². The minimum absolute atomic E-state index is 0.00523. The molecule has 1 heterocycles. The molecule has 374 valence electrons. The fraction of sp³-hybridized carbons (Fsp3) is 0.404. The van der Waals surface area contributed by atoms with Crippen molar-refractivity contribution in [3.8, 4) is 17.2 Å². The van der Waals surface area contributed by atoms with Crippen molar-refractivity contribution in [2.75, 3.05) is 32.2 Å². The van der Waals surface area contributed by atoms with Gasteiger partial charge in [0.05, 0.1) is 36.3 Å². The number of oxime groups is 1. The van der Waals surface area contributed by atoms with E-state index in [1.807, 2.05) is 93.6 Å². The number of allylic oxidation sites excluding steroid dienone is 1. The van der Waals surface area contributed by atoms with E-state index in [1.54, 1.807) is 22.7 Å². The summed E-state index contributed by atoms with van der Waals surface area (Å²) in [5.41, 5.74) is 2.53. The van der Waals surface area contributed by atoms with E-state index < -0.39 is 34.4 Å². The van der Waals surface area contributed by atoms with Gasteiger partial charge in [0.15, 0.2) is 0 Å². The number of ether oxygens (including phenoxy) is 4. The molecule has 2 N–H and O–H groups in total. The number of rotatable bonds is 22. The number of benzene rings is 5. The number of unbranched alkanes of at least 4 members (excludes halogenated alkanes) is 2. The second kappa shape index (κ2) is 23.4. The monoisotopic (exact) mass is 983 g/mol. The van der Waals surface area contributed by atoms with Gasteiger partial charge in [-0.05, 0) is 123 Å². The molecule has 0 bridgehead atoms. The Balaban J connectivity index is 1.32. The van der Waals surface area contributed by atoms with Gasteiger partial charge in [0.1, 0.15) is 28.9 Å². The third-order valence-electron chi connectivity index (χ3n) is 13.5. The molecule has 3 aliphatic rings. The summed E-state index contributed by atoms with van der Waals surface area (Å²) in [5.74, 6) is -0.247. The molecule has 14 heteroatoms. The smallest absolute Gasteiger partial charge is 0.416 e. The van der Waals surface area contributed by atoms with E-state index in [9.17, 15) is 20.3 Å². The highest BCUT2D eigenvalue weighted by atomic mass is 32.2. The van der Waals surface area contributed by atoms with Crippen molar-refractivity contribution < 1.29 is 43.7 Å². The lowest BCUT2D eigenvalue weighted by molar-refractivity contribution is -0.384. The summed E-state index contributed by atoms with van der Waals surface area (Å²) in [7, 11) is 0. The SMILES string of the molecule is C=CCOC12Oc3ccc(OCCSc4ccccc4)cc3C3C(CCCCO)C(CCCCO)C=C(C(=NOC(C)(C)C)CC1N(Cc1cccc4ccccc14)C(=O)Oc1ccc([N+](=O)[O-])cc1)C32. The average molecular weight is 984 g/mol. The second-order valence-corrected chi connectivity index (χ2v) is 20.5. The van der Waals surface area contributed by atoms with Crippen LogP contribution in [0.15, 0.2) is 150 Å². The minimum Gasteiger partial charge on any atom is -0.493 e. The molecular formula is C57H65N3O10S. The zero-order chi connectivity index (χ0) is 50.0. The number of aliphatic hydroxyl groups excluding tert-OH is 2. The second-order valence-electron chi connectivity index (χ2n) is 19.4. The fourth-order valence-corrected chi connectivity index (χ4v) is 11.2. The maximum atomic E-state index is 15.4. The minimum atomic E-state index is -1.57. The maximum absolute atomic E-state index is 15.4. The molecule has 6 atom stereocenters. The molecular weight excluding hydrogens is 919 g/mol. The zero-order valence-corrected chi connectivity index (χ0v) is 41.6. The van der Waals surface area contributed by atoms with E-state index in [0.29, 0.717) is 36.7 Å². The molecule has 1 aliphatic heterocycles. The molecule has 0 radical (unpaired) electrons. The fourth-order valence-electron chi connectivity index (χ4n) is 10.5. The number of amides is 1. The molecule has 2 aliphatic carbocycles. The molecule has 13 nitrogen and oxygen atoms in total. The lowest BCUT2D eigenvalue weighted by atomic mass is 9.55. The summed E-state index contributed by atoms with van der Waals surface area (Å²) < 4.78 is 27.5. The van der Waals surface area contributed by atoms with E-state index in [4.69, 9.17) is 28.9 Å². The van der Waals surface area contributed by atoms with Crippen LogP contribution in [0.4, 0.5) is 10.5 Å². The summed E-state index contributed by atoms with van der Waals surface area (Å²) in [5, 5.41) is 38.7. The van der Waals surface area contributed by atoms with E-state index >= 15 is 4.79 Å². The third kappa shape index (κ3) is 12.0. The highest BCUT2D eigenvalue weighted by Gasteiger charge is 2.66. The van der Waals surface area contributed by atoms with Crippen molar-refractivity contribution in [2.24, 2.45) is 22.9 Å². The molecule has 8 rings (SSSR count). The van der Waals surface area contributed by atoms with Crippen molar-refractivity contribution in [1.29, 1.82) is 0 Å².